The van der Waals surface area contributed by atoms with Crippen molar-refractivity contribution < 1.29 is 44.8 Å². The minimum atomic E-state index is -2.47. The number of phenolic OH excluding ortho intramolecular Hbond substituents is 1. The number of aromatic nitrogens is 3. The van der Waals surface area contributed by atoms with E-state index in [0.29, 0.717) is 17.3 Å². The summed E-state index contributed by atoms with van der Waals surface area (Å²) < 4.78 is 102. The zero-order valence-electron chi connectivity index (χ0n) is 41.1. The largest absolute Gasteiger partial charge is 0.505 e. The molecule has 378 valence electrons. The Morgan fingerprint density at radius 2 is 1.01 bits per heavy atom. The molecule has 0 saturated carbocycles. The molecule has 20 heteroatoms. The monoisotopic (exact) mass is 1020 g/mol. The molecule has 0 spiro atoms. The second-order valence-electron chi connectivity index (χ2n) is 15.9. The fraction of sp³-hybridized carbons (Fsp3) is 0.265. The number of aromatic hydroxyl groups is 1. The topological polar surface area (TPSA) is 191 Å². The molecular weight excluding hydrogens is 955 g/mol. The first-order valence-electron chi connectivity index (χ1n) is 20.5. The standard InChI is InChI=1S/C9H10F2O.C9H14N2OS.C8H11FN2OS.C8H12N2OS.C8H11NO.C7H7FO/c1-6-3-4-9(8(11)5-6)12-7(2)10;1-7-5-8(2)9(10-6-7)11-13(3,4)12;1-6-4-7(9)8(10-5-6)11-13(2,3)12;1-7-4-5-8(9-6-7)10-12(2,3)11;1-6-3-4-8(10-2)7(9)5-6;1-5-2-3-7(9)6(8)4-5/h3-5,7H,1-2H3;5-6H,3H2,1-2,4H3,(H,10,11,12);4-5H,2H2,1,3H3,(H,10,11,12);4-6H,2H2,1,3H3,(H,9,10,11);3-5H,9H2,1-2H3;2-4,9H,1H3. The number of nitrogens with one attached hydrogen (secondary N) is 3. The SMILES string of the molecule is C=S(C)(=O)Nc1ccc(C)cn1.C=S(C)(=O)Nc1ncc(C)cc1C.C=S(C)(=O)Nc1ncc(C)cc1F.COc1ccc(C)cc1N.Cc1ccc(O)c(F)c1.Cc1ccc(OC(C)F)c(F)c1. The van der Waals surface area contributed by atoms with Crippen molar-refractivity contribution in [2.45, 2.75) is 61.7 Å². The highest BCUT2D eigenvalue weighted by Crippen LogP contribution is 2.22. The summed E-state index contributed by atoms with van der Waals surface area (Å²) in [6, 6.07) is 21.4. The molecule has 6 rings (SSSR count). The van der Waals surface area contributed by atoms with Gasteiger partial charge in [0, 0.05) is 73.4 Å². The number of nitrogen functional groups attached to an aromatic ring is 1. The van der Waals surface area contributed by atoms with Crippen molar-refractivity contribution in [3.63, 3.8) is 0 Å². The summed E-state index contributed by atoms with van der Waals surface area (Å²) in [6.07, 6.45) is 7.93. The van der Waals surface area contributed by atoms with Crippen LogP contribution in [-0.2, 0) is 29.1 Å². The van der Waals surface area contributed by atoms with Gasteiger partial charge < -0.3 is 20.3 Å². The second-order valence-corrected chi connectivity index (χ2v) is 22.5. The molecule has 0 fully saturated rings. The molecule has 6 aromatic rings. The molecule has 0 aliphatic rings. The molecular formula is C49H65F4N7O6S3. The number of aryl methyl sites for hydroxylation is 7. The van der Waals surface area contributed by atoms with Gasteiger partial charge in [-0.05, 0) is 154 Å². The Balaban J connectivity index is 0.000000416. The quantitative estimate of drug-likeness (QED) is 0.0529. The summed E-state index contributed by atoms with van der Waals surface area (Å²) in [5.41, 5.74) is 12.9. The molecule has 0 amide bonds. The Morgan fingerprint density at radius 3 is 1.43 bits per heavy atom. The summed E-state index contributed by atoms with van der Waals surface area (Å²) >= 11 is 0. The van der Waals surface area contributed by atoms with Crippen LogP contribution >= 0.6 is 0 Å². The maximum Gasteiger partial charge on any atom is 0.235 e. The zero-order valence-corrected chi connectivity index (χ0v) is 43.5. The van der Waals surface area contributed by atoms with Gasteiger partial charge in [-0.1, -0.05) is 30.3 Å². The molecule has 0 saturated heterocycles. The van der Waals surface area contributed by atoms with Crippen molar-refractivity contribution in [1.29, 1.82) is 0 Å². The summed E-state index contributed by atoms with van der Waals surface area (Å²) in [5, 5.41) is 8.67. The lowest BCUT2D eigenvalue weighted by Gasteiger charge is -2.09. The average Bonchev–Trinajstić information content (AvgIpc) is 3.20. The Bertz CT molecular complexity index is 2840. The van der Waals surface area contributed by atoms with Crippen LogP contribution in [0.5, 0.6) is 17.2 Å². The predicted molar refractivity (Wildman–Crippen MR) is 283 cm³/mol. The molecule has 3 heterocycles. The summed E-state index contributed by atoms with van der Waals surface area (Å²) in [6.45, 7) is 14.3. The number of anilines is 4. The van der Waals surface area contributed by atoms with E-state index in [2.05, 4.69) is 51.5 Å². The lowest BCUT2D eigenvalue weighted by atomic mass is 10.2. The fourth-order valence-corrected chi connectivity index (χ4v) is 6.68. The van der Waals surface area contributed by atoms with E-state index in [9.17, 15) is 30.2 Å². The van der Waals surface area contributed by atoms with Crippen LogP contribution < -0.4 is 29.4 Å². The third-order valence-electron chi connectivity index (χ3n) is 7.91. The van der Waals surface area contributed by atoms with Crippen molar-refractivity contribution in [2.75, 3.05) is 45.8 Å². The van der Waals surface area contributed by atoms with E-state index in [4.69, 9.17) is 15.6 Å². The second kappa shape index (κ2) is 28.1. The van der Waals surface area contributed by atoms with Gasteiger partial charge in [0.1, 0.15) is 17.4 Å². The summed E-state index contributed by atoms with van der Waals surface area (Å²) in [4.78, 5) is 11.9. The van der Waals surface area contributed by atoms with Crippen molar-refractivity contribution in [3.05, 3.63) is 154 Å². The number of phenols is 1. The molecule has 6 N–H and O–H groups in total. The molecule has 69 heavy (non-hydrogen) atoms. The number of pyridine rings is 3. The Hall–Kier alpha value is -6.51. The van der Waals surface area contributed by atoms with E-state index in [0.717, 1.165) is 44.7 Å². The van der Waals surface area contributed by atoms with Crippen LogP contribution in [0.15, 0.2) is 97.5 Å². The molecule has 0 aliphatic carbocycles. The van der Waals surface area contributed by atoms with Crippen LogP contribution in [0.2, 0.25) is 0 Å². The number of benzene rings is 3. The summed E-state index contributed by atoms with van der Waals surface area (Å²) in [5.74, 6) is 10.3. The number of halogens is 4. The summed E-state index contributed by atoms with van der Waals surface area (Å²) in [7, 11) is -5.28. The number of alkyl halides is 1. The highest BCUT2D eigenvalue weighted by molar-refractivity contribution is 8.01. The molecule has 4 atom stereocenters. The van der Waals surface area contributed by atoms with Crippen LogP contribution in [0.25, 0.3) is 0 Å². The minimum absolute atomic E-state index is 0.0203. The van der Waals surface area contributed by atoms with E-state index in [-0.39, 0.29) is 17.3 Å². The van der Waals surface area contributed by atoms with Crippen molar-refractivity contribution in [1.82, 2.24) is 15.0 Å². The first-order valence-corrected chi connectivity index (χ1v) is 26.9. The number of nitrogens with two attached hydrogens (primary N) is 1. The van der Waals surface area contributed by atoms with Crippen molar-refractivity contribution >= 4 is 69.9 Å². The Morgan fingerprint density at radius 1 is 0.580 bits per heavy atom. The van der Waals surface area contributed by atoms with Crippen molar-refractivity contribution in [3.8, 4) is 17.2 Å². The molecule has 3 aromatic heterocycles. The van der Waals surface area contributed by atoms with Crippen LogP contribution in [0.4, 0.5) is 40.7 Å². The maximum atomic E-state index is 13.1. The van der Waals surface area contributed by atoms with Gasteiger partial charge in [-0.25, -0.2) is 45.1 Å². The predicted octanol–water partition coefficient (Wildman–Crippen LogP) is 9.89. The van der Waals surface area contributed by atoms with Crippen LogP contribution in [0, 0.1) is 65.9 Å². The first kappa shape index (κ1) is 60.5. The van der Waals surface area contributed by atoms with Crippen LogP contribution in [0.1, 0.15) is 45.9 Å². The van der Waals surface area contributed by atoms with E-state index >= 15 is 0 Å². The van der Waals surface area contributed by atoms with Gasteiger partial charge in [0.2, 0.25) is 6.36 Å². The maximum absolute atomic E-state index is 13.1. The Kier molecular flexibility index (Phi) is 24.6. The molecule has 4 unspecified atom stereocenters. The van der Waals surface area contributed by atoms with Crippen LogP contribution in [0.3, 0.4) is 0 Å². The number of hydrogen-bond acceptors (Lipinski definition) is 10. The number of hydrogen-bond donors (Lipinski definition) is 5. The number of ether oxygens (including phenoxy) is 2. The lowest BCUT2D eigenvalue weighted by molar-refractivity contribution is 0.0814. The third kappa shape index (κ3) is 27.2. The zero-order chi connectivity index (χ0) is 52.9. The molecule has 13 nitrogen and oxygen atoms in total. The Labute approximate surface area is 406 Å². The van der Waals surface area contributed by atoms with Crippen molar-refractivity contribution in [2.24, 2.45) is 0 Å². The fourth-order valence-electron chi connectivity index (χ4n) is 4.93. The van der Waals surface area contributed by atoms with Gasteiger partial charge in [-0.15, -0.1) is 0 Å². The molecule has 0 bridgehead atoms. The van der Waals surface area contributed by atoms with E-state index in [1.165, 1.54) is 56.0 Å². The smallest absolute Gasteiger partial charge is 0.235 e. The highest BCUT2D eigenvalue weighted by Gasteiger charge is 2.07. The van der Waals surface area contributed by atoms with Gasteiger partial charge in [0.15, 0.2) is 34.8 Å². The van der Waals surface area contributed by atoms with Gasteiger partial charge in [0.05, 0.1) is 12.8 Å². The van der Waals surface area contributed by atoms with Gasteiger partial charge >= 0.3 is 0 Å². The number of methoxy groups -OCH3 is 1. The highest BCUT2D eigenvalue weighted by atomic mass is 32.2. The van der Waals surface area contributed by atoms with E-state index in [1.54, 1.807) is 64.7 Å². The van der Waals surface area contributed by atoms with Crippen LogP contribution in [-0.4, -0.2) is 82.5 Å². The number of nitrogens with zero attached hydrogens (tertiary/aromatic N) is 3. The third-order valence-corrected chi connectivity index (χ3v) is 9.81. The first-order chi connectivity index (χ1) is 31.8. The van der Waals surface area contributed by atoms with Gasteiger partial charge in [0.25, 0.3) is 0 Å². The molecule has 3 aromatic carbocycles. The van der Waals surface area contributed by atoms with Gasteiger partial charge in [-0.3, -0.25) is 14.2 Å². The minimum Gasteiger partial charge on any atom is -0.505 e. The van der Waals surface area contributed by atoms with E-state index in [1.807, 2.05) is 58.0 Å². The molecule has 0 radical (unpaired) electrons. The number of rotatable bonds is 9. The lowest BCUT2D eigenvalue weighted by Crippen LogP contribution is -2.12. The van der Waals surface area contributed by atoms with E-state index < -0.39 is 52.9 Å². The van der Waals surface area contributed by atoms with Gasteiger partial charge in [-0.2, -0.15) is 0 Å². The molecule has 0 aliphatic heterocycles. The normalized spacial score (nSPS) is 13.1. The average molecular weight is 1020 g/mol.